The molecular weight excluding hydrogens is 248 g/mol. The number of aromatic hydroxyl groups is 1. The number of carbonyl (C=O) groups is 1. The zero-order valence-electron chi connectivity index (χ0n) is 10.7. The minimum absolute atomic E-state index is 0.132. The molecule has 1 aromatic rings. The van der Waals surface area contributed by atoms with Crippen LogP contribution in [0.2, 0.25) is 0 Å². The van der Waals surface area contributed by atoms with Gasteiger partial charge in [-0.25, -0.2) is 4.68 Å². The molecule has 2 heterocycles. The molecule has 0 aliphatic carbocycles. The fourth-order valence-electron chi connectivity index (χ4n) is 2.21. The van der Waals surface area contributed by atoms with Crippen molar-refractivity contribution in [1.82, 2.24) is 15.1 Å². The molecule has 19 heavy (non-hydrogen) atoms. The molecule has 0 bridgehead atoms. The second-order valence-corrected chi connectivity index (χ2v) is 4.33. The molecule has 1 aromatic heterocycles. The van der Waals surface area contributed by atoms with Gasteiger partial charge in [0, 0.05) is 6.61 Å². The molecule has 0 spiro atoms. The van der Waals surface area contributed by atoms with Crippen LogP contribution in [-0.2, 0) is 11.2 Å². The van der Waals surface area contributed by atoms with Gasteiger partial charge in [0.05, 0.1) is 5.69 Å². The van der Waals surface area contributed by atoms with E-state index in [9.17, 15) is 9.90 Å². The summed E-state index contributed by atoms with van der Waals surface area (Å²) in [7, 11) is 0. The molecule has 0 saturated carbocycles. The van der Waals surface area contributed by atoms with E-state index in [0.29, 0.717) is 18.7 Å². The van der Waals surface area contributed by atoms with Crippen molar-refractivity contribution >= 4 is 5.91 Å². The summed E-state index contributed by atoms with van der Waals surface area (Å²) in [6, 6.07) is 0. The van der Waals surface area contributed by atoms with Gasteiger partial charge >= 0.3 is 0 Å². The number of rotatable bonds is 3. The number of nitrogens with one attached hydrogen (secondary N) is 1. The Morgan fingerprint density at radius 3 is 3.05 bits per heavy atom. The van der Waals surface area contributed by atoms with Crippen LogP contribution in [-0.4, -0.2) is 27.4 Å². The summed E-state index contributed by atoms with van der Waals surface area (Å²) in [5.74, 6) is -0.881. The lowest BCUT2D eigenvalue weighted by Gasteiger charge is -2.24. The Kier molecular flexibility index (Phi) is 4.02. The molecule has 0 radical (unpaired) electrons. The van der Waals surface area contributed by atoms with Crippen molar-refractivity contribution in [2.24, 2.45) is 0 Å². The normalized spacial score (nSPS) is 18.8. The van der Waals surface area contributed by atoms with Gasteiger partial charge in [0.25, 0.3) is 5.91 Å². The number of nitrogens with zero attached hydrogens (tertiary/aromatic N) is 3. The first kappa shape index (κ1) is 13.4. The Hall–Kier alpha value is -2.07. The highest BCUT2D eigenvalue weighted by atomic mass is 16.5. The minimum atomic E-state index is -0.704. The van der Waals surface area contributed by atoms with Crippen molar-refractivity contribution in [1.29, 1.82) is 5.26 Å². The van der Waals surface area contributed by atoms with Crippen LogP contribution >= 0.6 is 0 Å². The van der Waals surface area contributed by atoms with Crippen LogP contribution in [0.25, 0.3) is 0 Å². The average Bonchev–Trinajstić information content (AvgIpc) is 2.77. The summed E-state index contributed by atoms with van der Waals surface area (Å²) in [5, 5.41) is 24.5. The highest BCUT2D eigenvalue weighted by Crippen LogP contribution is 2.30. The predicted molar refractivity (Wildman–Crippen MR) is 65.2 cm³/mol. The second kappa shape index (κ2) is 5.71. The summed E-state index contributed by atoms with van der Waals surface area (Å²) in [6.45, 7) is 2.51. The van der Waals surface area contributed by atoms with E-state index in [-0.39, 0.29) is 17.7 Å². The first-order valence-electron chi connectivity index (χ1n) is 6.30. The van der Waals surface area contributed by atoms with Gasteiger partial charge in [-0.15, -0.1) is 0 Å². The van der Waals surface area contributed by atoms with E-state index >= 15 is 0 Å². The first-order chi connectivity index (χ1) is 9.19. The van der Waals surface area contributed by atoms with Crippen molar-refractivity contribution in [3.8, 4) is 11.9 Å². The Labute approximate surface area is 110 Å². The summed E-state index contributed by atoms with van der Waals surface area (Å²) >= 11 is 0. The number of hydrogen-bond donors (Lipinski definition) is 2. The van der Waals surface area contributed by atoms with Crippen molar-refractivity contribution in [3.05, 3.63) is 11.4 Å². The van der Waals surface area contributed by atoms with Gasteiger partial charge in [-0.3, -0.25) is 10.1 Å². The lowest BCUT2D eigenvalue weighted by molar-refractivity contribution is -0.0412. The van der Waals surface area contributed by atoms with Crippen molar-refractivity contribution < 1.29 is 14.6 Å². The molecule has 7 nitrogen and oxygen atoms in total. The van der Waals surface area contributed by atoms with Gasteiger partial charge < -0.3 is 9.84 Å². The number of ether oxygens (including phenoxy) is 1. The highest BCUT2D eigenvalue weighted by molar-refractivity contribution is 5.96. The number of hydrogen-bond acceptors (Lipinski definition) is 5. The van der Waals surface area contributed by atoms with Gasteiger partial charge in [0.2, 0.25) is 0 Å². The second-order valence-electron chi connectivity index (χ2n) is 4.33. The minimum Gasteiger partial charge on any atom is -0.504 e. The van der Waals surface area contributed by atoms with Gasteiger partial charge in [0.15, 0.2) is 23.9 Å². The molecular formula is C12H16N4O3. The molecule has 7 heteroatoms. The monoisotopic (exact) mass is 264 g/mol. The van der Waals surface area contributed by atoms with Gasteiger partial charge in [-0.1, -0.05) is 6.92 Å². The summed E-state index contributed by atoms with van der Waals surface area (Å²) < 4.78 is 7.16. The van der Waals surface area contributed by atoms with Crippen LogP contribution in [0.15, 0.2) is 0 Å². The zero-order valence-corrected chi connectivity index (χ0v) is 10.7. The number of aromatic nitrogens is 2. The number of amides is 1. The molecule has 2 rings (SSSR count). The molecule has 1 aliphatic rings. The number of carbonyl (C=O) groups excluding carboxylic acids is 1. The average molecular weight is 264 g/mol. The Morgan fingerprint density at radius 2 is 2.47 bits per heavy atom. The van der Waals surface area contributed by atoms with Crippen molar-refractivity contribution in [2.45, 2.75) is 38.8 Å². The molecule has 0 aromatic carbocycles. The van der Waals surface area contributed by atoms with E-state index < -0.39 is 5.91 Å². The van der Waals surface area contributed by atoms with Gasteiger partial charge in [0.1, 0.15) is 0 Å². The molecule has 1 atom stereocenters. The maximum Gasteiger partial charge on any atom is 0.288 e. The van der Waals surface area contributed by atoms with Crippen LogP contribution in [0.3, 0.4) is 0 Å². The molecule has 1 fully saturated rings. The molecule has 1 amide bonds. The SMILES string of the molecule is CCc1c(O)c(C(=O)NC#N)nn1C1CCCCO1. The summed E-state index contributed by atoms with van der Waals surface area (Å²) in [4.78, 5) is 11.6. The summed E-state index contributed by atoms with van der Waals surface area (Å²) in [5.41, 5.74) is 0.419. The van der Waals surface area contributed by atoms with E-state index in [2.05, 4.69) is 5.10 Å². The maximum atomic E-state index is 11.6. The standard InChI is InChI=1S/C12H16N4O3/c1-2-8-11(17)10(12(18)14-7-13)15-16(8)9-5-3-4-6-19-9/h9,17H,2-6H2,1H3,(H,14,18). The van der Waals surface area contributed by atoms with Gasteiger partial charge in [-0.2, -0.15) is 10.4 Å². The Bertz CT molecular complexity index is 512. The Morgan fingerprint density at radius 1 is 1.68 bits per heavy atom. The molecule has 1 aliphatic heterocycles. The lowest BCUT2D eigenvalue weighted by Crippen LogP contribution is -2.22. The fraction of sp³-hybridized carbons (Fsp3) is 0.583. The van der Waals surface area contributed by atoms with E-state index in [1.54, 1.807) is 4.68 Å². The molecule has 1 unspecified atom stereocenters. The smallest absolute Gasteiger partial charge is 0.288 e. The van der Waals surface area contributed by atoms with E-state index in [1.165, 1.54) is 6.19 Å². The maximum absolute atomic E-state index is 11.6. The third-order valence-corrected chi connectivity index (χ3v) is 3.13. The largest absolute Gasteiger partial charge is 0.504 e. The Balaban J connectivity index is 2.35. The highest BCUT2D eigenvalue weighted by Gasteiger charge is 2.26. The van der Waals surface area contributed by atoms with E-state index in [0.717, 1.165) is 19.3 Å². The third kappa shape index (κ3) is 2.53. The van der Waals surface area contributed by atoms with Gasteiger partial charge in [-0.05, 0) is 25.7 Å². The molecule has 102 valence electrons. The zero-order chi connectivity index (χ0) is 13.8. The van der Waals surface area contributed by atoms with Crippen LogP contribution in [0.1, 0.15) is 48.6 Å². The fourth-order valence-corrected chi connectivity index (χ4v) is 2.21. The van der Waals surface area contributed by atoms with Crippen molar-refractivity contribution in [2.75, 3.05) is 6.61 Å². The number of nitriles is 1. The predicted octanol–water partition coefficient (Wildman–Crippen LogP) is 1.06. The van der Waals surface area contributed by atoms with E-state index in [1.807, 2.05) is 12.2 Å². The van der Waals surface area contributed by atoms with Crippen LogP contribution in [0.4, 0.5) is 0 Å². The van der Waals surface area contributed by atoms with Crippen molar-refractivity contribution in [3.63, 3.8) is 0 Å². The molecule has 2 N–H and O–H groups in total. The lowest BCUT2D eigenvalue weighted by atomic mass is 10.2. The summed E-state index contributed by atoms with van der Waals surface area (Å²) in [6.07, 6.45) is 4.63. The first-order valence-corrected chi connectivity index (χ1v) is 6.30. The topological polar surface area (TPSA) is 100 Å². The van der Waals surface area contributed by atoms with E-state index in [4.69, 9.17) is 10.00 Å². The molecule has 1 saturated heterocycles. The van der Waals surface area contributed by atoms with Crippen LogP contribution in [0, 0.1) is 11.5 Å². The third-order valence-electron chi connectivity index (χ3n) is 3.13. The van der Waals surface area contributed by atoms with Crippen LogP contribution in [0.5, 0.6) is 5.75 Å². The quantitative estimate of drug-likeness (QED) is 0.628. The van der Waals surface area contributed by atoms with Crippen LogP contribution < -0.4 is 5.32 Å².